The predicted octanol–water partition coefficient (Wildman–Crippen LogP) is 0.906. The standard InChI is InChI=1S/C4H7BBrClO2/c6-2-1-4(7)3-5(8)9/h3,8-9H,1-2H2/b4-3-. The van der Waals surface area contributed by atoms with Gasteiger partial charge in [0.2, 0.25) is 0 Å². The molecule has 0 rings (SSSR count). The van der Waals surface area contributed by atoms with Crippen molar-refractivity contribution in [2.75, 3.05) is 5.33 Å². The molecule has 0 aromatic rings. The van der Waals surface area contributed by atoms with E-state index in [1.165, 1.54) is 5.98 Å². The Bertz CT molecular complexity index is 107. The first-order valence-corrected chi connectivity index (χ1v) is 3.95. The number of hydrogen-bond acceptors (Lipinski definition) is 2. The van der Waals surface area contributed by atoms with Crippen molar-refractivity contribution in [3.63, 3.8) is 0 Å². The molecule has 0 aliphatic heterocycles. The topological polar surface area (TPSA) is 40.5 Å². The maximum absolute atomic E-state index is 8.33. The van der Waals surface area contributed by atoms with Crippen LogP contribution in [0.2, 0.25) is 0 Å². The predicted molar refractivity (Wildman–Crippen MR) is 42.5 cm³/mol. The third-order valence-corrected chi connectivity index (χ3v) is 1.37. The minimum Gasteiger partial charge on any atom is -0.424 e. The van der Waals surface area contributed by atoms with Crippen LogP contribution in [0.15, 0.2) is 11.0 Å². The number of hydrogen-bond donors (Lipinski definition) is 2. The van der Waals surface area contributed by atoms with Crippen LogP contribution >= 0.6 is 27.5 Å². The summed E-state index contributed by atoms with van der Waals surface area (Å²) in [5.74, 6) is 1.18. The summed E-state index contributed by atoms with van der Waals surface area (Å²) in [5.41, 5.74) is 0. The second kappa shape index (κ2) is 5.29. The van der Waals surface area contributed by atoms with Crippen molar-refractivity contribution in [1.82, 2.24) is 0 Å². The normalized spacial score (nSPS) is 11.8. The zero-order valence-corrected chi connectivity index (χ0v) is 7.06. The SMILES string of the molecule is OB(O)/C=C(\Cl)CCBr. The second-order valence-corrected chi connectivity index (χ2v) is 2.74. The minimum atomic E-state index is -1.43. The first kappa shape index (κ1) is 9.49. The lowest BCUT2D eigenvalue weighted by molar-refractivity contribution is 0.424. The summed E-state index contributed by atoms with van der Waals surface area (Å²) >= 11 is 8.64. The van der Waals surface area contributed by atoms with Crippen LogP contribution in [0.3, 0.4) is 0 Å². The lowest BCUT2D eigenvalue weighted by Crippen LogP contribution is -2.06. The van der Waals surface area contributed by atoms with Crippen LogP contribution in [-0.4, -0.2) is 22.5 Å². The molecule has 0 radical (unpaired) electrons. The Morgan fingerprint density at radius 1 is 1.67 bits per heavy atom. The first-order valence-electron chi connectivity index (χ1n) is 2.45. The van der Waals surface area contributed by atoms with Crippen LogP contribution in [0, 0.1) is 0 Å². The fourth-order valence-corrected chi connectivity index (χ4v) is 1.20. The van der Waals surface area contributed by atoms with Gasteiger partial charge in [0, 0.05) is 10.4 Å². The monoisotopic (exact) mass is 212 g/mol. The Hall–Kier alpha value is 0.495. The molecule has 0 atom stereocenters. The van der Waals surface area contributed by atoms with Crippen molar-refractivity contribution < 1.29 is 10.0 Å². The third kappa shape index (κ3) is 6.38. The molecule has 0 unspecified atom stereocenters. The Balaban J connectivity index is 3.55. The number of allylic oxidation sites excluding steroid dienone is 1. The molecular formula is C4H7BBrClO2. The van der Waals surface area contributed by atoms with Gasteiger partial charge in [-0.15, -0.1) is 0 Å². The van der Waals surface area contributed by atoms with Crippen molar-refractivity contribution >= 4 is 34.6 Å². The highest BCUT2D eigenvalue weighted by atomic mass is 79.9. The van der Waals surface area contributed by atoms with Gasteiger partial charge in [0.25, 0.3) is 0 Å². The summed E-state index contributed by atoms with van der Waals surface area (Å²) in [4.78, 5) is 0. The first-order chi connectivity index (χ1) is 4.16. The van der Waals surface area contributed by atoms with Gasteiger partial charge in [0.1, 0.15) is 0 Å². The van der Waals surface area contributed by atoms with E-state index in [1.54, 1.807) is 0 Å². The lowest BCUT2D eigenvalue weighted by atomic mass is 9.91. The molecule has 0 fully saturated rings. The van der Waals surface area contributed by atoms with Crippen molar-refractivity contribution in [2.24, 2.45) is 0 Å². The van der Waals surface area contributed by atoms with E-state index in [9.17, 15) is 0 Å². The van der Waals surface area contributed by atoms with Gasteiger partial charge in [-0.05, 0) is 12.4 Å². The molecule has 0 spiro atoms. The molecule has 2 N–H and O–H groups in total. The summed E-state index contributed by atoms with van der Waals surface area (Å²) in [6.07, 6.45) is 0.624. The van der Waals surface area contributed by atoms with Crippen molar-refractivity contribution in [2.45, 2.75) is 6.42 Å². The molecule has 0 heterocycles. The van der Waals surface area contributed by atoms with E-state index < -0.39 is 7.12 Å². The van der Waals surface area contributed by atoms with Crippen molar-refractivity contribution in [1.29, 1.82) is 0 Å². The molecule has 0 aromatic heterocycles. The van der Waals surface area contributed by atoms with Crippen molar-refractivity contribution in [3.8, 4) is 0 Å². The molecule has 0 saturated heterocycles. The van der Waals surface area contributed by atoms with Gasteiger partial charge in [0.15, 0.2) is 0 Å². The smallest absolute Gasteiger partial charge is 0.424 e. The van der Waals surface area contributed by atoms with Crippen LogP contribution < -0.4 is 0 Å². The van der Waals surface area contributed by atoms with Gasteiger partial charge in [-0.1, -0.05) is 27.5 Å². The van der Waals surface area contributed by atoms with Gasteiger partial charge < -0.3 is 10.0 Å². The van der Waals surface area contributed by atoms with E-state index in [0.717, 1.165) is 5.33 Å². The number of halogens is 2. The lowest BCUT2D eigenvalue weighted by Gasteiger charge is -1.92. The van der Waals surface area contributed by atoms with Gasteiger partial charge in [0.05, 0.1) is 0 Å². The number of rotatable bonds is 3. The molecule has 9 heavy (non-hydrogen) atoms. The highest BCUT2D eigenvalue weighted by Gasteiger charge is 2.01. The fraction of sp³-hybridized carbons (Fsp3) is 0.500. The van der Waals surface area contributed by atoms with Crippen LogP contribution in [0.4, 0.5) is 0 Å². The second-order valence-electron chi connectivity index (χ2n) is 1.47. The van der Waals surface area contributed by atoms with Gasteiger partial charge in [-0.3, -0.25) is 0 Å². The van der Waals surface area contributed by atoms with Crippen LogP contribution in [-0.2, 0) is 0 Å². The van der Waals surface area contributed by atoms with E-state index >= 15 is 0 Å². The van der Waals surface area contributed by atoms with Crippen LogP contribution in [0.25, 0.3) is 0 Å². The molecule has 0 bridgehead atoms. The minimum absolute atomic E-state index is 0.460. The summed E-state index contributed by atoms with van der Waals surface area (Å²) < 4.78 is 0. The van der Waals surface area contributed by atoms with Crippen LogP contribution in [0.1, 0.15) is 6.42 Å². The molecular weight excluding hydrogens is 206 g/mol. The zero-order valence-electron chi connectivity index (χ0n) is 4.72. The highest BCUT2D eigenvalue weighted by Crippen LogP contribution is 2.08. The molecule has 0 aromatic carbocycles. The van der Waals surface area contributed by atoms with E-state index in [1.807, 2.05) is 0 Å². The molecule has 2 nitrogen and oxygen atoms in total. The van der Waals surface area contributed by atoms with Gasteiger partial charge in [-0.25, -0.2) is 0 Å². The largest absolute Gasteiger partial charge is 0.481 e. The Morgan fingerprint density at radius 2 is 2.22 bits per heavy atom. The Labute approximate surface area is 67.8 Å². The number of alkyl halides is 1. The summed E-state index contributed by atoms with van der Waals surface area (Å²) in [5, 5.41) is 17.8. The quantitative estimate of drug-likeness (QED) is 0.540. The Kier molecular flexibility index (Phi) is 5.58. The molecule has 5 heteroatoms. The maximum atomic E-state index is 8.33. The van der Waals surface area contributed by atoms with Crippen LogP contribution in [0.5, 0.6) is 0 Å². The van der Waals surface area contributed by atoms with Crippen molar-refractivity contribution in [3.05, 3.63) is 11.0 Å². The summed E-state index contributed by atoms with van der Waals surface area (Å²) in [6, 6.07) is 0. The Morgan fingerprint density at radius 3 is 2.56 bits per heavy atom. The average molecular weight is 213 g/mol. The molecule has 0 amide bonds. The van der Waals surface area contributed by atoms with E-state index in [4.69, 9.17) is 21.6 Å². The fourth-order valence-electron chi connectivity index (χ4n) is 0.335. The molecule has 52 valence electrons. The van der Waals surface area contributed by atoms with E-state index in [0.29, 0.717) is 11.5 Å². The molecule has 0 aliphatic rings. The summed E-state index contributed by atoms with van der Waals surface area (Å²) in [7, 11) is -1.43. The maximum Gasteiger partial charge on any atom is 0.481 e. The van der Waals surface area contributed by atoms with E-state index in [2.05, 4.69) is 15.9 Å². The van der Waals surface area contributed by atoms with Gasteiger partial charge in [-0.2, -0.15) is 0 Å². The molecule has 0 saturated carbocycles. The summed E-state index contributed by atoms with van der Waals surface area (Å²) in [6.45, 7) is 0. The third-order valence-electron chi connectivity index (χ3n) is 0.663. The zero-order chi connectivity index (χ0) is 7.28. The van der Waals surface area contributed by atoms with Gasteiger partial charge >= 0.3 is 7.12 Å². The molecule has 0 aliphatic carbocycles. The highest BCUT2D eigenvalue weighted by molar-refractivity contribution is 9.09. The van der Waals surface area contributed by atoms with E-state index in [-0.39, 0.29) is 0 Å². The average Bonchev–Trinajstić information content (AvgIpc) is 1.63.